The quantitative estimate of drug-likeness (QED) is 0.492. The standard InChI is InChI=1S/C10H21NO5S/c1-7(3-15-2)16-4-8(12)5-17-6-9(11)10(13)14/h7-9,12H,3-6,11H2,1-2H3,(H,13,14)/t7?,8?,9-/m0/s1. The fourth-order valence-corrected chi connectivity index (χ4v) is 1.91. The van der Waals surface area contributed by atoms with Gasteiger partial charge in [0.15, 0.2) is 0 Å². The summed E-state index contributed by atoms with van der Waals surface area (Å²) in [6.45, 7) is 2.54. The van der Waals surface area contributed by atoms with Crippen molar-refractivity contribution in [2.45, 2.75) is 25.2 Å². The van der Waals surface area contributed by atoms with Gasteiger partial charge in [-0.05, 0) is 6.92 Å². The monoisotopic (exact) mass is 267 g/mol. The van der Waals surface area contributed by atoms with Crippen LogP contribution in [0.1, 0.15) is 6.92 Å². The number of carboxylic acids is 1. The number of carbonyl (C=O) groups is 1. The van der Waals surface area contributed by atoms with Gasteiger partial charge in [-0.15, -0.1) is 0 Å². The number of aliphatic hydroxyl groups excluding tert-OH is 1. The normalized spacial score (nSPS) is 16.5. The van der Waals surface area contributed by atoms with Crippen LogP contribution in [0.5, 0.6) is 0 Å². The Labute approximate surface area is 105 Å². The highest BCUT2D eigenvalue weighted by Gasteiger charge is 2.13. The molecule has 0 aliphatic heterocycles. The van der Waals surface area contributed by atoms with Crippen molar-refractivity contribution in [1.82, 2.24) is 0 Å². The van der Waals surface area contributed by atoms with Crippen molar-refractivity contribution in [1.29, 1.82) is 0 Å². The predicted octanol–water partition coefficient (Wildman–Crippen LogP) is -0.456. The molecule has 2 unspecified atom stereocenters. The summed E-state index contributed by atoms with van der Waals surface area (Å²) < 4.78 is 10.2. The first kappa shape index (κ1) is 16.7. The number of rotatable bonds is 10. The van der Waals surface area contributed by atoms with Crippen molar-refractivity contribution in [3.05, 3.63) is 0 Å². The lowest BCUT2D eigenvalue weighted by atomic mass is 10.4. The van der Waals surface area contributed by atoms with Crippen LogP contribution >= 0.6 is 11.8 Å². The number of methoxy groups -OCH3 is 1. The molecule has 0 aliphatic carbocycles. The third kappa shape index (κ3) is 9.37. The summed E-state index contributed by atoms with van der Waals surface area (Å²) in [6.07, 6.45) is -0.693. The van der Waals surface area contributed by atoms with E-state index in [2.05, 4.69) is 0 Å². The second kappa shape index (κ2) is 9.67. The first-order valence-electron chi connectivity index (χ1n) is 5.32. The molecule has 0 fully saturated rings. The summed E-state index contributed by atoms with van der Waals surface area (Å²) in [5.41, 5.74) is 5.31. The van der Waals surface area contributed by atoms with Crippen LogP contribution < -0.4 is 5.73 Å². The summed E-state index contributed by atoms with van der Waals surface area (Å²) in [5.74, 6) is -0.349. The van der Waals surface area contributed by atoms with E-state index in [1.165, 1.54) is 11.8 Å². The van der Waals surface area contributed by atoms with Gasteiger partial charge in [-0.2, -0.15) is 11.8 Å². The molecule has 0 spiro atoms. The summed E-state index contributed by atoms with van der Waals surface area (Å²) in [7, 11) is 1.58. The fraction of sp³-hybridized carbons (Fsp3) is 0.900. The Morgan fingerprint density at radius 1 is 1.41 bits per heavy atom. The fourth-order valence-electron chi connectivity index (χ4n) is 1.01. The van der Waals surface area contributed by atoms with Crippen LogP contribution in [0.15, 0.2) is 0 Å². The van der Waals surface area contributed by atoms with Gasteiger partial charge in [0.1, 0.15) is 6.04 Å². The summed E-state index contributed by atoms with van der Waals surface area (Å²) >= 11 is 1.30. The molecule has 0 bridgehead atoms. The minimum atomic E-state index is -1.03. The van der Waals surface area contributed by atoms with Crippen LogP contribution in [0.25, 0.3) is 0 Å². The van der Waals surface area contributed by atoms with Gasteiger partial charge in [-0.1, -0.05) is 0 Å². The molecule has 4 N–H and O–H groups in total. The second-order valence-corrected chi connectivity index (χ2v) is 4.81. The van der Waals surface area contributed by atoms with Gasteiger partial charge in [0, 0.05) is 18.6 Å². The Morgan fingerprint density at radius 3 is 2.59 bits per heavy atom. The maximum Gasteiger partial charge on any atom is 0.321 e. The molecule has 7 heteroatoms. The highest BCUT2D eigenvalue weighted by atomic mass is 32.2. The summed E-state index contributed by atoms with van der Waals surface area (Å²) in [4.78, 5) is 10.4. The second-order valence-electron chi connectivity index (χ2n) is 3.74. The first-order valence-corrected chi connectivity index (χ1v) is 6.47. The number of ether oxygens (including phenoxy) is 2. The average molecular weight is 267 g/mol. The molecule has 0 aliphatic rings. The molecule has 0 aromatic carbocycles. The van der Waals surface area contributed by atoms with Crippen LogP contribution in [-0.2, 0) is 14.3 Å². The Bertz CT molecular complexity index is 217. The molecule has 0 rings (SSSR count). The van der Waals surface area contributed by atoms with Gasteiger partial charge in [-0.25, -0.2) is 0 Å². The van der Waals surface area contributed by atoms with Crippen molar-refractivity contribution in [2.75, 3.05) is 31.8 Å². The lowest BCUT2D eigenvalue weighted by Gasteiger charge is -2.16. The molecule has 0 amide bonds. The Hall–Kier alpha value is -0.340. The molecule has 0 aromatic heterocycles. The van der Waals surface area contributed by atoms with Crippen molar-refractivity contribution < 1.29 is 24.5 Å². The van der Waals surface area contributed by atoms with Crippen LogP contribution in [-0.4, -0.2) is 66.3 Å². The van der Waals surface area contributed by atoms with Gasteiger partial charge in [0.25, 0.3) is 0 Å². The number of hydrogen-bond donors (Lipinski definition) is 3. The van der Waals surface area contributed by atoms with Gasteiger partial charge >= 0.3 is 5.97 Å². The lowest BCUT2D eigenvalue weighted by molar-refractivity contribution is -0.137. The average Bonchev–Trinajstić information content (AvgIpc) is 2.26. The molecule has 0 heterocycles. The van der Waals surface area contributed by atoms with Crippen molar-refractivity contribution >= 4 is 17.7 Å². The number of thioether (sulfide) groups is 1. The van der Waals surface area contributed by atoms with E-state index in [1.807, 2.05) is 6.92 Å². The maximum atomic E-state index is 10.4. The molecule has 17 heavy (non-hydrogen) atoms. The number of aliphatic carboxylic acids is 1. The van der Waals surface area contributed by atoms with E-state index < -0.39 is 18.1 Å². The van der Waals surface area contributed by atoms with Gasteiger partial charge in [0.2, 0.25) is 0 Å². The SMILES string of the molecule is COCC(C)OCC(O)CSC[C@H](N)C(=O)O. The summed E-state index contributed by atoms with van der Waals surface area (Å²) in [5, 5.41) is 18.1. The zero-order chi connectivity index (χ0) is 13.3. The number of hydrogen-bond acceptors (Lipinski definition) is 6. The zero-order valence-electron chi connectivity index (χ0n) is 10.2. The van der Waals surface area contributed by atoms with E-state index in [-0.39, 0.29) is 18.5 Å². The van der Waals surface area contributed by atoms with Gasteiger partial charge in [-0.3, -0.25) is 4.79 Å². The van der Waals surface area contributed by atoms with Crippen molar-refractivity contribution in [3.8, 4) is 0 Å². The molecule has 0 aromatic rings. The lowest BCUT2D eigenvalue weighted by Crippen LogP contribution is -2.33. The maximum absolute atomic E-state index is 10.4. The van der Waals surface area contributed by atoms with Crippen LogP contribution in [0, 0.1) is 0 Å². The van der Waals surface area contributed by atoms with Crippen LogP contribution in [0.3, 0.4) is 0 Å². The van der Waals surface area contributed by atoms with Crippen molar-refractivity contribution in [2.24, 2.45) is 5.73 Å². The van der Waals surface area contributed by atoms with E-state index in [1.54, 1.807) is 7.11 Å². The topological polar surface area (TPSA) is 102 Å². The molecule has 0 radical (unpaired) electrons. The minimum absolute atomic E-state index is 0.0686. The summed E-state index contributed by atoms with van der Waals surface area (Å²) in [6, 6.07) is -0.888. The Balaban J connectivity index is 3.52. The molecule has 0 saturated heterocycles. The number of nitrogens with two attached hydrogens (primary N) is 1. The van der Waals surface area contributed by atoms with E-state index in [0.29, 0.717) is 12.4 Å². The van der Waals surface area contributed by atoms with E-state index in [0.717, 1.165) is 0 Å². The Kier molecular flexibility index (Phi) is 9.47. The highest BCUT2D eigenvalue weighted by molar-refractivity contribution is 7.99. The molecular formula is C10H21NO5S. The molecule has 6 nitrogen and oxygen atoms in total. The highest BCUT2D eigenvalue weighted by Crippen LogP contribution is 2.06. The predicted molar refractivity (Wildman–Crippen MR) is 66.2 cm³/mol. The third-order valence-electron chi connectivity index (χ3n) is 1.90. The largest absolute Gasteiger partial charge is 0.480 e. The number of aliphatic hydroxyl groups is 1. The van der Waals surface area contributed by atoms with Gasteiger partial charge in [0.05, 0.1) is 25.4 Å². The molecule has 3 atom stereocenters. The van der Waals surface area contributed by atoms with Crippen LogP contribution in [0.4, 0.5) is 0 Å². The molecular weight excluding hydrogens is 246 g/mol. The number of carboxylic acid groups (broad SMARTS) is 1. The molecule has 0 saturated carbocycles. The van der Waals surface area contributed by atoms with E-state index in [9.17, 15) is 9.90 Å². The van der Waals surface area contributed by atoms with E-state index in [4.69, 9.17) is 20.3 Å². The van der Waals surface area contributed by atoms with Crippen molar-refractivity contribution in [3.63, 3.8) is 0 Å². The Morgan fingerprint density at radius 2 is 2.06 bits per heavy atom. The zero-order valence-corrected chi connectivity index (χ0v) is 11.0. The van der Waals surface area contributed by atoms with Gasteiger partial charge < -0.3 is 25.4 Å². The van der Waals surface area contributed by atoms with Crippen LogP contribution in [0.2, 0.25) is 0 Å². The van der Waals surface area contributed by atoms with E-state index >= 15 is 0 Å². The third-order valence-corrected chi connectivity index (χ3v) is 3.11. The minimum Gasteiger partial charge on any atom is -0.480 e. The molecule has 102 valence electrons. The smallest absolute Gasteiger partial charge is 0.321 e. The first-order chi connectivity index (χ1) is 7.97.